The maximum atomic E-state index is 11.7. The Morgan fingerprint density at radius 1 is 1.39 bits per heavy atom. The molecule has 0 saturated heterocycles. The molecule has 0 aromatic carbocycles. The van der Waals surface area contributed by atoms with Crippen LogP contribution in [0.2, 0.25) is 0 Å². The van der Waals surface area contributed by atoms with Gasteiger partial charge < -0.3 is 14.5 Å². The molecule has 1 rings (SSSR count). The van der Waals surface area contributed by atoms with Crippen LogP contribution in [0.1, 0.15) is 58.6 Å². The molecule has 1 N–H and O–H groups in total. The maximum Gasteiger partial charge on any atom is 0.408 e. The fourth-order valence-electron chi connectivity index (χ4n) is 1.60. The highest BCUT2D eigenvalue weighted by molar-refractivity contribution is 5.68. The quantitative estimate of drug-likeness (QED) is 0.887. The van der Waals surface area contributed by atoms with Gasteiger partial charge in [-0.2, -0.15) is 0 Å². The van der Waals surface area contributed by atoms with E-state index in [9.17, 15) is 4.79 Å². The number of nitrogens with one attached hydrogen (secondary N) is 1. The average Bonchev–Trinajstić information content (AvgIpc) is 2.71. The Morgan fingerprint density at radius 2 is 2.06 bits per heavy atom. The van der Waals surface area contributed by atoms with Crippen LogP contribution in [0, 0.1) is 0 Å². The molecule has 0 aliphatic carbocycles. The van der Waals surface area contributed by atoms with E-state index in [-0.39, 0.29) is 6.04 Å². The second-order valence-corrected chi connectivity index (χ2v) is 5.26. The smallest absolute Gasteiger partial charge is 0.408 e. The minimum atomic E-state index is -0.486. The molecule has 4 heteroatoms. The van der Waals surface area contributed by atoms with E-state index in [0.29, 0.717) is 0 Å². The largest absolute Gasteiger partial charge is 0.464 e. The van der Waals surface area contributed by atoms with E-state index in [0.717, 1.165) is 24.4 Å². The summed E-state index contributed by atoms with van der Waals surface area (Å²) in [5, 5.41) is 2.82. The van der Waals surface area contributed by atoms with Gasteiger partial charge in [0.25, 0.3) is 0 Å². The Hall–Kier alpha value is -1.45. The molecule has 1 aromatic rings. The number of hydrogen-bond donors (Lipinski definition) is 1. The number of amides is 1. The van der Waals surface area contributed by atoms with Gasteiger partial charge in [0.05, 0.1) is 6.04 Å². The van der Waals surface area contributed by atoms with Gasteiger partial charge >= 0.3 is 6.09 Å². The van der Waals surface area contributed by atoms with Crippen molar-refractivity contribution in [1.29, 1.82) is 0 Å². The summed E-state index contributed by atoms with van der Waals surface area (Å²) in [6, 6.07) is 3.71. The second kappa shape index (κ2) is 5.94. The van der Waals surface area contributed by atoms with E-state index in [2.05, 4.69) is 5.32 Å². The molecule has 0 spiro atoms. The zero-order valence-electron chi connectivity index (χ0n) is 11.9. The van der Waals surface area contributed by atoms with Gasteiger partial charge in [-0.3, -0.25) is 0 Å². The third-order valence-electron chi connectivity index (χ3n) is 2.47. The third-order valence-corrected chi connectivity index (χ3v) is 2.47. The summed E-state index contributed by atoms with van der Waals surface area (Å²) in [5.41, 5.74) is -0.486. The number of carbonyl (C=O) groups is 1. The normalized spacial score (nSPS) is 13.2. The number of rotatable bonds is 4. The molecular formula is C14H23NO3. The molecular weight excluding hydrogens is 230 g/mol. The van der Waals surface area contributed by atoms with E-state index < -0.39 is 11.7 Å². The summed E-state index contributed by atoms with van der Waals surface area (Å²) in [6.45, 7) is 9.56. The molecule has 1 amide bonds. The number of hydrogen-bond acceptors (Lipinski definition) is 3. The van der Waals surface area contributed by atoms with Gasteiger partial charge in [-0.05, 0) is 39.3 Å². The van der Waals surface area contributed by atoms with E-state index in [1.54, 1.807) is 0 Å². The molecule has 0 saturated carbocycles. The lowest BCUT2D eigenvalue weighted by atomic mass is 10.2. The molecule has 0 aliphatic rings. The van der Waals surface area contributed by atoms with Crippen molar-refractivity contribution >= 4 is 6.09 Å². The molecule has 0 radical (unpaired) electrons. The van der Waals surface area contributed by atoms with Gasteiger partial charge in [0.15, 0.2) is 0 Å². The van der Waals surface area contributed by atoms with Crippen LogP contribution in [-0.4, -0.2) is 11.7 Å². The van der Waals surface area contributed by atoms with E-state index >= 15 is 0 Å². The lowest BCUT2D eigenvalue weighted by Gasteiger charge is -2.22. The third kappa shape index (κ3) is 4.43. The van der Waals surface area contributed by atoms with Crippen LogP contribution in [0.4, 0.5) is 4.79 Å². The molecule has 1 heterocycles. The van der Waals surface area contributed by atoms with Crippen molar-refractivity contribution in [3.05, 3.63) is 23.7 Å². The van der Waals surface area contributed by atoms with E-state index in [1.165, 1.54) is 0 Å². The Labute approximate surface area is 109 Å². The standard InChI is InChI=1S/C14H23NO3/c1-6-10-8-9-12(17-10)11(7-2)15-13(16)18-14(3,4)5/h8-9,11H,6-7H2,1-5H3,(H,15,16). The van der Waals surface area contributed by atoms with Crippen molar-refractivity contribution in [3.63, 3.8) is 0 Å². The summed E-state index contributed by atoms with van der Waals surface area (Å²) in [5.74, 6) is 1.70. The lowest BCUT2D eigenvalue weighted by Crippen LogP contribution is -2.34. The predicted molar refractivity (Wildman–Crippen MR) is 70.5 cm³/mol. The molecule has 1 atom stereocenters. The molecule has 0 bridgehead atoms. The summed E-state index contributed by atoms with van der Waals surface area (Å²) < 4.78 is 10.9. The highest BCUT2D eigenvalue weighted by atomic mass is 16.6. The Balaban J connectivity index is 2.64. The van der Waals surface area contributed by atoms with Crippen molar-refractivity contribution in [2.45, 2.75) is 59.1 Å². The van der Waals surface area contributed by atoms with Crippen LogP contribution < -0.4 is 5.32 Å². The van der Waals surface area contributed by atoms with Crippen molar-refractivity contribution in [2.75, 3.05) is 0 Å². The van der Waals surface area contributed by atoms with Crippen LogP contribution in [0.3, 0.4) is 0 Å². The summed E-state index contributed by atoms with van der Waals surface area (Å²) in [7, 11) is 0. The molecule has 4 nitrogen and oxygen atoms in total. The van der Waals surface area contributed by atoms with Crippen molar-refractivity contribution in [1.82, 2.24) is 5.32 Å². The van der Waals surface area contributed by atoms with E-state index in [4.69, 9.17) is 9.15 Å². The molecule has 1 aromatic heterocycles. The monoisotopic (exact) mass is 253 g/mol. The molecule has 0 aliphatic heterocycles. The Kier molecular flexibility index (Phi) is 4.82. The fourth-order valence-corrected chi connectivity index (χ4v) is 1.60. The molecule has 18 heavy (non-hydrogen) atoms. The van der Waals surface area contributed by atoms with Crippen molar-refractivity contribution in [3.8, 4) is 0 Å². The van der Waals surface area contributed by atoms with Crippen LogP contribution in [0.5, 0.6) is 0 Å². The Morgan fingerprint density at radius 3 is 2.50 bits per heavy atom. The highest BCUT2D eigenvalue weighted by Crippen LogP contribution is 2.20. The average molecular weight is 253 g/mol. The number of ether oxygens (including phenoxy) is 1. The number of alkyl carbamates (subject to hydrolysis) is 1. The first-order chi connectivity index (χ1) is 8.35. The fraction of sp³-hybridized carbons (Fsp3) is 0.643. The number of carbonyl (C=O) groups excluding carboxylic acids is 1. The van der Waals surface area contributed by atoms with Gasteiger partial charge in [-0.1, -0.05) is 13.8 Å². The number of furan rings is 1. The maximum absolute atomic E-state index is 11.7. The number of aryl methyl sites for hydroxylation is 1. The predicted octanol–water partition coefficient (Wildman–Crippen LogP) is 3.82. The highest BCUT2D eigenvalue weighted by Gasteiger charge is 2.21. The SMILES string of the molecule is CCc1ccc(C(CC)NC(=O)OC(C)(C)C)o1. The van der Waals surface area contributed by atoms with Gasteiger partial charge in [-0.25, -0.2) is 4.79 Å². The van der Waals surface area contributed by atoms with Crippen molar-refractivity contribution in [2.24, 2.45) is 0 Å². The minimum Gasteiger partial charge on any atom is -0.464 e. The van der Waals surface area contributed by atoms with E-state index in [1.807, 2.05) is 46.8 Å². The zero-order chi connectivity index (χ0) is 13.8. The topological polar surface area (TPSA) is 51.5 Å². The first kappa shape index (κ1) is 14.6. The van der Waals surface area contributed by atoms with Crippen LogP contribution in [0.25, 0.3) is 0 Å². The first-order valence-corrected chi connectivity index (χ1v) is 6.43. The summed E-state index contributed by atoms with van der Waals surface area (Å²) in [4.78, 5) is 11.7. The minimum absolute atomic E-state index is 0.139. The van der Waals surface area contributed by atoms with Gasteiger partial charge in [0, 0.05) is 6.42 Å². The van der Waals surface area contributed by atoms with Crippen molar-refractivity contribution < 1.29 is 13.9 Å². The summed E-state index contributed by atoms with van der Waals surface area (Å²) in [6.07, 6.45) is 1.20. The van der Waals surface area contributed by atoms with Crippen LogP contribution in [-0.2, 0) is 11.2 Å². The van der Waals surface area contributed by atoms with Crippen LogP contribution >= 0.6 is 0 Å². The lowest BCUT2D eigenvalue weighted by molar-refractivity contribution is 0.0495. The first-order valence-electron chi connectivity index (χ1n) is 6.43. The summed E-state index contributed by atoms with van der Waals surface area (Å²) >= 11 is 0. The molecule has 102 valence electrons. The van der Waals surface area contributed by atoms with Gasteiger partial charge in [0.2, 0.25) is 0 Å². The van der Waals surface area contributed by atoms with Crippen LogP contribution in [0.15, 0.2) is 16.5 Å². The molecule has 1 unspecified atom stereocenters. The van der Waals surface area contributed by atoms with Gasteiger partial charge in [-0.15, -0.1) is 0 Å². The van der Waals surface area contributed by atoms with Gasteiger partial charge in [0.1, 0.15) is 17.1 Å². The molecule has 0 fully saturated rings. The Bertz CT molecular complexity index is 390. The second-order valence-electron chi connectivity index (χ2n) is 5.26. The zero-order valence-corrected chi connectivity index (χ0v) is 11.9.